The first-order valence-corrected chi connectivity index (χ1v) is 10.0. The second kappa shape index (κ2) is 7.69. The SMILES string of the molecule is COc1cccc(COc2ccc3c(c2)O/C(=C\c2cn(C)c4ccccc24)C3=O)c1. The van der Waals surface area contributed by atoms with Gasteiger partial charge in [-0.1, -0.05) is 30.3 Å². The zero-order valence-corrected chi connectivity index (χ0v) is 17.3. The van der Waals surface area contributed by atoms with Crippen molar-refractivity contribution in [2.75, 3.05) is 7.11 Å². The Morgan fingerprint density at radius 3 is 2.74 bits per heavy atom. The Kier molecular flexibility index (Phi) is 4.71. The van der Waals surface area contributed by atoms with Gasteiger partial charge in [0.1, 0.15) is 23.9 Å². The Balaban J connectivity index is 1.37. The fourth-order valence-electron chi connectivity index (χ4n) is 3.82. The molecule has 5 rings (SSSR count). The van der Waals surface area contributed by atoms with E-state index in [-0.39, 0.29) is 5.78 Å². The van der Waals surface area contributed by atoms with Gasteiger partial charge in [0.05, 0.1) is 12.7 Å². The number of para-hydroxylation sites is 1. The molecule has 0 bridgehead atoms. The van der Waals surface area contributed by atoms with Crippen LogP contribution in [0.2, 0.25) is 0 Å². The van der Waals surface area contributed by atoms with Crippen LogP contribution in [0.5, 0.6) is 17.2 Å². The van der Waals surface area contributed by atoms with Gasteiger partial charge in [-0.05, 0) is 42.0 Å². The molecule has 0 saturated carbocycles. The van der Waals surface area contributed by atoms with Crippen molar-refractivity contribution in [3.63, 3.8) is 0 Å². The molecule has 0 saturated heterocycles. The van der Waals surface area contributed by atoms with E-state index in [2.05, 4.69) is 6.07 Å². The van der Waals surface area contributed by atoms with Crippen LogP contribution in [0.3, 0.4) is 0 Å². The molecule has 4 aromatic rings. The van der Waals surface area contributed by atoms with Crippen molar-refractivity contribution in [3.05, 3.63) is 95.4 Å². The van der Waals surface area contributed by atoms with Gasteiger partial charge in [-0.3, -0.25) is 4.79 Å². The van der Waals surface area contributed by atoms with E-state index in [4.69, 9.17) is 14.2 Å². The lowest BCUT2D eigenvalue weighted by Crippen LogP contribution is -1.98. The molecule has 0 radical (unpaired) electrons. The maximum absolute atomic E-state index is 12.9. The highest BCUT2D eigenvalue weighted by atomic mass is 16.5. The molecule has 1 aromatic heterocycles. The number of fused-ring (bicyclic) bond motifs is 2. The topological polar surface area (TPSA) is 49.7 Å². The third kappa shape index (κ3) is 3.55. The third-order valence-corrected chi connectivity index (χ3v) is 5.40. The Labute approximate surface area is 180 Å². The molecule has 0 aliphatic carbocycles. The van der Waals surface area contributed by atoms with Crippen LogP contribution in [0.1, 0.15) is 21.5 Å². The van der Waals surface area contributed by atoms with E-state index in [1.165, 1.54) is 0 Å². The van der Waals surface area contributed by atoms with Gasteiger partial charge in [0.2, 0.25) is 5.78 Å². The van der Waals surface area contributed by atoms with Crippen molar-refractivity contribution < 1.29 is 19.0 Å². The van der Waals surface area contributed by atoms with E-state index in [9.17, 15) is 4.79 Å². The summed E-state index contributed by atoms with van der Waals surface area (Å²) < 4.78 is 19.1. The normalized spacial score (nSPS) is 14.0. The first kappa shape index (κ1) is 19.0. The van der Waals surface area contributed by atoms with Crippen molar-refractivity contribution in [2.24, 2.45) is 7.05 Å². The molecule has 31 heavy (non-hydrogen) atoms. The fourth-order valence-corrected chi connectivity index (χ4v) is 3.82. The molecule has 0 fully saturated rings. The van der Waals surface area contributed by atoms with E-state index < -0.39 is 0 Å². The van der Waals surface area contributed by atoms with Gasteiger partial charge in [-0.25, -0.2) is 0 Å². The highest BCUT2D eigenvalue weighted by molar-refractivity contribution is 6.15. The number of aryl methyl sites for hydroxylation is 1. The monoisotopic (exact) mass is 411 g/mol. The average Bonchev–Trinajstić information content (AvgIpc) is 3.29. The van der Waals surface area contributed by atoms with Crippen molar-refractivity contribution >= 4 is 22.8 Å². The van der Waals surface area contributed by atoms with E-state index in [0.29, 0.717) is 29.4 Å². The van der Waals surface area contributed by atoms with E-state index >= 15 is 0 Å². The van der Waals surface area contributed by atoms with Crippen LogP contribution in [0.25, 0.3) is 17.0 Å². The molecule has 5 heteroatoms. The standard InChI is InChI=1S/C26H21NO4/c1-27-15-18(21-8-3-4-9-23(21)27)13-25-26(28)22-11-10-20(14-24(22)31-25)30-16-17-6-5-7-19(12-17)29-2/h3-15H,16H2,1-2H3/b25-13-. The van der Waals surface area contributed by atoms with Gasteiger partial charge >= 0.3 is 0 Å². The third-order valence-electron chi connectivity index (χ3n) is 5.40. The van der Waals surface area contributed by atoms with E-state index in [0.717, 1.165) is 27.8 Å². The van der Waals surface area contributed by atoms with Crippen molar-refractivity contribution in [3.8, 4) is 17.2 Å². The minimum atomic E-state index is -0.123. The van der Waals surface area contributed by atoms with Crippen LogP contribution >= 0.6 is 0 Å². The molecule has 0 N–H and O–H groups in total. The molecule has 5 nitrogen and oxygen atoms in total. The zero-order valence-electron chi connectivity index (χ0n) is 17.3. The van der Waals surface area contributed by atoms with Crippen LogP contribution in [0.15, 0.2) is 78.7 Å². The van der Waals surface area contributed by atoms with Gasteiger partial charge in [0.15, 0.2) is 5.76 Å². The molecule has 0 unspecified atom stereocenters. The van der Waals surface area contributed by atoms with Gasteiger partial charge in [0.25, 0.3) is 0 Å². The highest BCUT2D eigenvalue weighted by Crippen LogP contribution is 2.36. The number of benzene rings is 3. The Hall–Kier alpha value is -3.99. The molecule has 0 amide bonds. The maximum atomic E-state index is 12.9. The minimum absolute atomic E-state index is 0.123. The Morgan fingerprint density at radius 1 is 1.00 bits per heavy atom. The number of ether oxygens (including phenoxy) is 3. The Bertz CT molecular complexity index is 1330. The summed E-state index contributed by atoms with van der Waals surface area (Å²) in [6.07, 6.45) is 3.81. The lowest BCUT2D eigenvalue weighted by molar-refractivity contribution is 0.101. The molecular formula is C26H21NO4. The number of methoxy groups -OCH3 is 1. The van der Waals surface area contributed by atoms with Gasteiger partial charge in [-0.15, -0.1) is 0 Å². The minimum Gasteiger partial charge on any atom is -0.497 e. The predicted octanol–water partition coefficient (Wildman–Crippen LogP) is 5.38. The second-order valence-electron chi connectivity index (χ2n) is 7.45. The van der Waals surface area contributed by atoms with Gasteiger partial charge in [0, 0.05) is 35.8 Å². The quantitative estimate of drug-likeness (QED) is 0.414. The summed E-state index contributed by atoms with van der Waals surface area (Å²) in [7, 11) is 3.63. The van der Waals surface area contributed by atoms with Crippen LogP contribution in [-0.4, -0.2) is 17.5 Å². The number of hydrogen-bond donors (Lipinski definition) is 0. The number of rotatable bonds is 5. The molecule has 3 aromatic carbocycles. The number of carbonyl (C=O) groups excluding carboxylic acids is 1. The maximum Gasteiger partial charge on any atom is 0.231 e. The number of allylic oxidation sites excluding steroid dienone is 1. The second-order valence-corrected chi connectivity index (χ2v) is 7.45. The number of aromatic nitrogens is 1. The summed E-state index contributed by atoms with van der Waals surface area (Å²) in [6.45, 7) is 0.392. The first-order valence-electron chi connectivity index (χ1n) is 10.0. The summed E-state index contributed by atoms with van der Waals surface area (Å²) in [4.78, 5) is 12.9. The van der Waals surface area contributed by atoms with Crippen molar-refractivity contribution in [1.82, 2.24) is 4.57 Å². The fraction of sp³-hybridized carbons (Fsp3) is 0.115. The summed E-state index contributed by atoms with van der Waals surface area (Å²) in [5.41, 5.74) is 3.59. The summed E-state index contributed by atoms with van der Waals surface area (Å²) in [6, 6.07) is 21.1. The number of carbonyl (C=O) groups is 1. The van der Waals surface area contributed by atoms with Gasteiger partial charge in [-0.2, -0.15) is 0 Å². The largest absolute Gasteiger partial charge is 0.497 e. The number of nitrogens with zero attached hydrogens (tertiary/aromatic N) is 1. The molecule has 154 valence electrons. The zero-order chi connectivity index (χ0) is 21.4. The lowest BCUT2D eigenvalue weighted by Gasteiger charge is -2.08. The van der Waals surface area contributed by atoms with Gasteiger partial charge < -0.3 is 18.8 Å². The molecule has 0 atom stereocenters. The van der Waals surface area contributed by atoms with Crippen LogP contribution in [0.4, 0.5) is 0 Å². The lowest BCUT2D eigenvalue weighted by atomic mass is 10.1. The molecule has 0 spiro atoms. The van der Waals surface area contributed by atoms with E-state index in [1.807, 2.05) is 60.3 Å². The van der Waals surface area contributed by atoms with E-state index in [1.54, 1.807) is 31.4 Å². The van der Waals surface area contributed by atoms with Crippen molar-refractivity contribution in [2.45, 2.75) is 6.61 Å². The summed E-state index contributed by atoms with van der Waals surface area (Å²) in [5, 5.41) is 1.08. The van der Waals surface area contributed by atoms with Crippen LogP contribution in [0, 0.1) is 0 Å². The molecule has 1 aliphatic rings. The summed E-state index contributed by atoms with van der Waals surface area (Å²) in [5.74, 6) is 2.13. The molecule has 2 heterocycles. The number of hydrogen-bond acceptors (Lipinski definition) is 4. The number of ketones is 1. The predicted molar refractivity (Wildman–Crippen MR) is 120 cm³/mol. The van der Waals surface area contributed by atoms with Crippen LogP contribution in [-0.2, 0) is 13.7 Å². The first-order chi connectivity index (χ1) is 15.1. The highest BCUT2D eigenvalue weighted by Gasteiger charge is 2.28. The molecular weight excluding hydrogens is 390 g/mol. The molecule has 1 aliphatic heterocycles. The summed E-state index contributed by atoms with van der Waals surface area (Å²) >= 11 is 0. The average molecular weight is 411 g/mol. The number of Topliss-reactive ketones (excluding diaryl/α,β-unsaturated/α-hetero) is 1. The van der Waals surface area contributed by atoms with Crippen molar-refractivity contribution in [1.29, 1.82) is 0 Å². The Morgan fingerprint density at radius 2 is 1.87 bits per heavy atom. The smallest absolute Gasteiger partial charge is 0.231 e. The van der Waals surface area contributed by atoms with Crippen LogP contribution < -0.4 is 14.2 Å².